The maximum atomic E-state index is 14.3. The van der Waals surface area contributed by atoms with Crippen LogP contribution in [0.3, 0.4) is 0 Å². The van der Waals surface area contributed by atoms with Crippen LogP contribution in [0.4, 0.5) is 35.1 Å². The van der Waals surface area contributed by atoms with Gasteiger partial charge in [0.05, 0.1) is 24.3 Å². The first-order chi connectivity index (χ1) is 20.6. The average molecular weight is 644 g/mol. The summed E-state index contributed by atoms with van der Waals surface area (Å²) in [5.74, 6) is -4.48. The van der Waals surface area contributed by atoms with E-state index in [4.69, 9.17) is 16.3 Å². The number of halogens is 9. The summed E-state index contributed by atoms with van der Waals surface area (Å²) < 4.78 is 115. The van der Waals surface area contributed by atoms with Crippen molar-refractivity contribution in [2.75, 3.05) is 6.61 Å². The Morgan fingerprint density at radius 1 is 0.727 bits per heavy atom. The SMILES string of the molecule is CCc1cc(Oc2cccc(C(NC(CO)c3cccc(C(F)(F)F)c3)c3cccc(C(F)(F)C(F)(F)F)c3)c2)ccc1Cl. The van der Waals surface area contributed by atoms with Crippen molar-refractivity contribution in [3.63, 3.8) is 0 Å². The lowest BCUT2D eigenvalue weighted by molar-refractivity contribution is -0.289. The molecule has 4 rings (SSSR count). The molecule has 0 heterocycles. The quantitative estimate of drug-likeness (QED) is 0.169. The number of alkyl halides is 8. The number of aliphatic hydroxyl groups is 1. The molecule has 0 spiro atoms. The summed E-state index contributed by atoms with van der Waals surface area (Å²) in [4.78, 5) is 0. The molecule has 0 amide bonds. The molecule has 0 saturated heterocycles. The maximum Gasteiger partial charge on any atom is 0.458 e. The molecule has 2 atom stereocenters. The lowest BCUT2D eigenvalue weighted by atomic mass is 9.93. The van der Waals surface area contributed by atoms with Crippen molar-refractivity contribution in [3.05, 3.63) is 129 Å². The van der Waals surface area contributed by atoms with E-state index in [9.17, 15) is 40.2 Å². The van der Waals surface area contributed by atoms with Crippen molar-refractivity contribution < 1.29 is 45.0 Å². The van der Waals surface area contributed by atoms with Gasteiger partial charge in [-0.05, 0) is 77.2 Å². The van der Waals surface area contributed by atoms with Gasteiger partial charge in [0.1, 0.15) is 11.5 Å². The molecule has 4 aromatic carbocycles. The third-order valence-electron chi connectivity index (χ3n) is 6.93. The van der Waals surface area contributed by atoms with Crippen LogP contribution in [-0.4, -0.2) is 17.9 Å². The summed E-state index contributed by atoms with van der Waals surface area (Å²) in [5.41, 5.74) is -1.23. The Labute approximate surface area is 253 Å². The molecule has 0 aromatic heterocycles. The van der Waals surface area contributed by atoms with E-state index in [1.807, 2.05) is 6.92 Å². The smallest absolute Gasteiger partial charge is 0.457 e. The minimum atomic E-state index is -5.87. The maximum absolute atomic E-state index is 14.3. The van der Waals surface area contributed by atoms with E-state index in [0.29, 0.717) is 34.9 Å². The summed E-state index contributed by atoms with van der Waals surface area (Å²) >= 11 is 6.18. The lowest BCUT2D eigenvalue weighted by Gasteiger charge is -2.28. The van der Waals surface area contributed by atoms with Crippen molar-refractivity contribution in [2.45, 2.75) is 43.7 Å². The van der Waals surface area contributed by atoms with E-state index in [1.165, 1.54) is 18.2 Å². The number of aryl methyl sites for hydroxylation is 1. The van der Waals surface area contributed by atoms with Gasteiger partial charge in [0.25, 0.3) is 0 Å². The molecule has 234 valence electrons. The topological polar surface area (TPSA) is 41.5 Å². The largest absolute Gasteiger partial charge is 0.458 e. The molecule has 0 aliphatic rings. The first-order valence-corrected chi connectivity index (χ1v) is 13.7. The number of hydrogen-bond donors (Lipinski definition) is 2. The van der Waals surface area contributed by atoms with Gasteiger partial charge in [0.2, 0.25) is 0 Å². The summed E-state index contributed by atoms with van der Waals surface area (Å²) in [6.07, 6.45) is -9.93. The van der Waals surface area contributed by atoms with Gasteiger partial charge >= 0.3 is 18.3 Å². The van der Waals surface area contributed by atoms with Crippen LogP contribution in [0.15, 0.2) is 91.0 Å². The highest BCUT2D eigenvalue weighted by Crippen LogP contribution is 2.45. The third kappa shape index (κ3) is 7.51. The molecule has 0 aliphatic carbocycles. The average Bonchev–Trinajstić information content (AvgIpc) is 2.98. The molecule has 0 fully saturated rings. The van der Waals surface area contributed by atoms with Crippen molar-refractivity contribution in [3.8, 4) is 11.5 Å². The fourth-order valence-electron chi connectivity index (χ4n) is 4.63. The predicted molar refractivity (Wildman–Crippen MR) is 150 cm³/mol. The minimum Gasteiger partial charge on any atom is -0.457 e. The van der Waals surface area contributed by atoms with Gasteiger partial charge in [0.15, 0.2) is 0 Å². The van der Waals surface area contributed by atoms with Gasteiger partial charge in [0, 0.05) is 10.6 Å². The fraction of sp³-hybridized carbons (Fsp3) is 0.250. The van der Waals surface area contributed by atoms with Crippen molar-refractivity contribution in [1.29, 1.82) is 0 Å². The van der Waals surface area contributed by atoms with Crippen molar-refractivity contribution in [2.24, 2.45) is 0 Å². The Hall–Kier alpha value is -3.67. The Bertz CT molecular complexity index is 1590. The second-order valence-corrected chi connectivity index (χ2v) is 10.3. The van der Waals surface area contributed by atoms with Crippen LogP contribution in [0.2, 0.25) is 5.02 Å². The Kier molecular flexibility index (Phi) is 9.92. The van der Waals surface area contributed by atoms with Crippen LogP contribution < -0.4 is 10.1 Å². The fourth-order valence-corrected chi connectivity index (χ4v) is 4.88. The molecule has 44 heavy (non-hydrogen) atoms. The molecule has 4 aromatic rings. The highest BCUT2D eigenvalue weighted by Gasteiger charge is 2.58. The van der Waals surface area contributed by atoms with E-state index in [1.54, 1.807) is 36.4 Å². The molecule has 3 nitrogen and oxygen atoms in total. The summed E-state index contributed by atoms with van der Waals surface area (Å²) in [7, 11) is 0. The number of benzene rings is 4. The molecule has 0 saturated carbocycles. The van der Waals surface area contributed by atoms with Gasteiger partial charge in [-0.15, -0.1) is 0 Å². The van der Waals surface area contributed by atoms with E-state index >= 15 is 0 Å². The molecule has 2 N–H and O–H groups in total. The molecular formula is C32H26ClF8NO2. The zero-order valence-electron chi connectivity index (χ0n) is 23.0. The second kappa shape index (κ2) is 13.1. The number of nitrogens with one attached hydrogen (secondary N) is 1. The predicted octanol–water partition coefficient (Wildman–Crippen LogP) is 9.78. The standard InChI is InChI=1S/C32H26ClF8NO2/c1-2-19-16-26(12-13-27(19)33)44-25-11-5-8-22(17-25)29(21-7-4-9-23(15-21)30(34,35)32(39,40)41)42-28(18-43)20-6-3-10-24(14-20)31(36,37)38/h3-17,28-29,42-43H,2,18H2,1H3. The zero-order valence-corrected chi connectivity index (χ0v) is 23.7. The summed E-state index contributed by atoms with van der Waals surface area (Å²) in [6, 6.07) is 16.6. The number of rotatable bonds is 10. The Morgan fingerprint density at radius 3 is 1.91 bits per heavy atom. The van der Waals surface area contributed by atoms with Gasteiger partial charge < -0.3 is 9.84 Å². The van der Waals surface area contributed by atoms with Crippen LogP contribution in [0.1, 0.15) is 52.4 Å². The molecule has 12 heteroatoms. The van der Waals surface area contributed by atoms with Crippen LogP contribution in [0.25, 0.3) is 0 Å². The number of hydrogen-bond acceptors (Lipinski definition) is 3. The van der Waals surface area contributed by atoms with Crippen LogP contribution >= 0.6 is 11.6 Å². The number of aliphatic hydroxyl groups excluding tert-OH is 1. The second-order valence-electron chi connectivity index (χ2n) is 9.94. The summed E-state index contributed by atoms with van der Waals surface area (Å²) in [6.45, 7) is 1.18. The van der Waals surface area contributed by atoms with E-state index < -0.39 is 48.1 Å². The van der Waals surface area contributed by atoms with Gasteiger partial charge in [-0.2, -0.15) is 35.1 Å². The van der Waals surface area contributed by atoms with Crippen molar-refractivity contribution >= 4 is 11.6 Å². The monoisotopic (exact) mass is 643 g/mol. The highest BCUT2D eigenvalue weighted by molar-refractivity contribution is 6.31. The number of ether oxygens (including phenoxy) is 1. The molecule has 0 radical (unpaired) electrons. The minimum absolute atomic E-state index is 0.0183. The lowest BCUT2D eigenvalue weighted by Crippen LogP contribution is -2.34. The Balaban J connectivity index is 1.79. The molecule has 0 aliphatic heterocycles. The molecule has 0 bridgehead atoms. The third-order valence-corrected chi connectivity index (χ3v) is 7.30. The van der Waals surface area contributed by atoms with Gasteiger partial charge in [-0.25, -0.2) is 0 Å². The first-order valence-electron chi connectivity index (χ1n) is 13.3. The van der Waals surface area contributed by atoms with Crippen molar-refractivity contribution in [1.82, 2.24) is 5.32 Å². The highest BCUT2D eigenvalue weighted by atomic mass is 35.5. The normalized spacial score (nSPS) is 13.9. The summed E-state index contributed by atoms with van der Waals surface area (Å²) in [5, 5.41) is 13.7. The zero-order chi connectivity index (χ0) is 32.3. The molecule has 2 unspecified atom stereocenters. The van der Waals surface area contributed by atoms with E-state index in [2.05, 4.69) is 5.32 Å². The van der Waals surface area contributed by atoms with Crippen LogP contribution in [0, 0.1) is 0 Å². The van der Waals surface area contributed by atoms with Gasteiger partial charge in [-0.3, -0.25) is 5.32 Å². The first kappa shape index (κ1) is 33.2. The van der Waals surface area contributed by atoms with E-state index in [-0.39, 0.29) is 16.9 Å². The van der Waals surface area contributed by atoms with Crippen LogP contribution in [0.5, 0.6) is 11.5 Å². The van der Waals surface area contributed by atoms with Crippen LogP contribution in [-0.2, 0) is 18.5 Å². The molecular weight excluding hydrogens is 618 g/mol. The van der Waals surface area contributed by atoms with Gasteiger partial charge in [-0.1, -0.05) is 61.0 Å². The van der Waals surface area contributed by atoms with E-state index in [0.717, 1.165) is 29.8 Å². The Morgan fingerprint density at radius 2 is 1.30 bits per heavy atom.